The quantitative estimate of drug-likeness (QED) is 0.508. The van der Waals surface area contributed by atoms with Crippen LogP contribution >= 0.6 is 0 Å². The van der Waals surface area contributed by atoms with Crippen molar-refractivity contribution in [1.29, 1.82) is 0 Å². The van der Waals surface area contributed by atoms with Crippen molar-refractivity contribution >= 4 is 17.2 Å². The summed E-state index contributed by atoms with van der Waals surface area (Å²) in [5.74, 6) is -0.631. The summed E-state index contributed by atoms with van der Waals surface area (Å²) in [5.41, 5.74) is 1.48. The van der Waals surface area contributed by atoms with Crippen LogP contribution in [0.15, 0.2) is 83.9 Å². The fourth-order valence-corrected chi connectivity index (χ4v) is 3.20. The van der Waals surface area contributed by atoms with Crippen LogP contribution in [0.2, 0.25) is 0 Å². The largest absolute Gasteiger partial charge is 0.435 e. The molecule has 0 fully saturated rings. The van der Waals surface area contributed by atoms with E-state index >= 15 is 0 Å². The number of aromatic nitrogens is 2. The molecule has 0 bridgehead atoms. The minimum Gasteiger partial charge on any atom is -0.435 e. The number of nitrogens with one attached hydrogen (secondary N) is 1. The van der Waals surface area contributed by atoms with Crippen molar-refractivity contribution in [2.75, 3.05) is 5.32 Å². The molecule has 0 radical (unpaired) electrons. The van der Waals surface area contributed by atoms with Crippen LogP contribution in [0.3, 0.4) is 0 Å². The molecule has 1 amide bonds. The molecule has 31 heavy (non-hydrogen) atoms. The Morgan fingerprint density at radius 2 is 1.84 bits per heavy atom. The van der Waals surface area contributed by atoms with E-state index in [2.05, 4.69) is 15.0 Å². The Balaban J connectivity index is 1.63. The Hall–Kier alpha value is -4.07. The molecule has 0 atom stereocenters. The molecule has 2 aromatic heterocycles. The van der Waals surface area contributed by atoms with Gasteiger partial charge in [-0.3, -0.25) is 14.0 Å². The lowest BCUT2D eigenvalue weighted by Crippen LogP contribution is -2.26. The van der Waals surface area contributed by atoms with Crippen LogP contribution in [0, 0.1) is 0 Å². The number of anilines is 1. The average molecular weight is 421 g/mol. The Bertz CT molecular complexity index is 1290. The highest BCUT2D eigenvalue weighted by atomic mass is 19.3. The van der Waals surface area contributed by atoms with E-state index in [0.717, 1.165) is 5.56 Å². The van der Waals surface area contributed by atoms with E-state index in [9.17, 15) is 18.4 Å². The third-order valence-corrected chi connectivity index (χ3v) is 4.63. The molecule has 0 aliphatic rings. The third kappa shape index (κ3) is 4.58. The predicted molar refractivity (Wildman–Crippen MR) is 112 cm³/mol. The van der Waals surface area contributed by atoms with E-state index in [-0.39, 0.29) is 11.3 Å². The van der Waals surface area contributed by atoms with Crippen molar-refractivity contribution in [3.05, 3.63) is 106 Å². The molecule has 156 valence electrons. The maximum atomic E-state index is 12.8. The van der Waals surface area contributed by atoms with Crippen molar-refractivity contribution in [3.63, 3.8) is 0 Å². The number of nitrogens with zero attached hydrogens (tertiary/aromatic N) is 2. The van der Waals surface area contributed by atoms with E-state index in [4.69, 9.17) is 0 Å². The van der Waals surface area contributed by atoms with Crippen molar-refractivity contribution < 1.29 is 18.3 Å². The third-order valence-electron chi connectivity index (χ3n) is 4.63. The monoisotopic (exact) mass is 421 g/mol. The van der Waals surface area contributed by atoms with Crippen molar-refractivity contribution in [1.82, 2.24) is 9.38 Å². The Kier molecular flexibility index (Phi) is 5.70. The first-order valence-electron chi connectivity index (χ1n) is 9.40. The van der Waals surface area contributed by atoms with Crippen LogP contribution in [0.25, 0.3) is 5.65 Å². The number of alkyl halides is 2. The number of fused-ring (bicyclic) bond motifs is 1. The number of carbonyl (C=O) groups is 1. The second-order valence-electron chi connectivity index (χ2n) is 6.72. The molecule has 2 heterocycles. The molecule has 0 spiro atoms. The lowest BCUT2D eigenvalue weighted by molar-refractivity contribution is -0.0503. The summed E-state index contributed by atoms with van der Waals surface area (Å²) in [6, 6.07) is 18.7. The summed E-state index contributed by atoms with van der Waals surface area (Å²) in [7, 11) is 0. The number of benzene rings is 2. The number of hydrogen-bond donors (Lipinski definition) is 1. The highest BCUT2D eigenvalue weighted by Gasteiger charge is 2.16. The van der Waals surface area contributed by atoms with Gasteiger partial charge in [0.15, 0.2) is 0 Å². The van der Waals surface area contributed by atoms with Crippen LogP contribution in [0.5, 0.6) is 5.75 Å². The Labute approximate surface area is 175 Å². The number of pyridine rings is 1. The van der Waals surface area contributed by atoms with E-state index in [0.29, 0.717) is 23.3 Å². The minimum absolute atomic E-state index is 0.0179. The van der Waals surface area contributed by atoms with Crippen LogP contribution in [0.1, 0.15) is 21.5 Å². The average Bonchev–Trinajstić information content (AvgIpc) is 2.76. The Morgan fingerprint density at radius 3 is 2.61 bits per heavy atom. The van der Waals surface area contributed by atoms with Gasteiger partial charge in [0, 0.05) is 30.1 Å². The molecule has 0 aliphatic heterocycles. The second-order valence-corrected chi connectivity index (χ2v) is 6.72. The first kappa shape index (κ1) is 20.2. The summed E-state index contributed by atoms with van der Waals surface area (Å²) in [4.78, 5) is 29.4. The van der Waals surface area contributed by atoms with Gasteiger partial charge in [0.05, 0.1) is 0 Å². The summed E-state index contributed by atoms with van der Waals surface area (Å²) >= 11 is 0. The summed E-state index contributed by atoms with van der Waals surface area (Å²) < 4.78 is 31.5. The first-order chi connectivity index (χ1) is 15.0. The van der Waals surface area contributed by atoms with E-state index < -0.39 is 18.1 Å². The summed E-state index contributed by atoms with van der Waals surface area (Å²) in [6.07, 6.45) is 3.06. The molecule has 8 heteroatoms. The van der Waals surface area contributed by atoms with Gasteiger partial charge in [-0.1, -0.05) is 36.4 Å². The maximum Gasteiger partial charge on any atom is 0.387 e. The van der Waals surface area contributed by atoms with Crippen LogP contribution in [-0.2, 0) is 6.42 Å². The smallest absolute Gasteiger partial charge is 0.387 e. The van der Waals surface area contributed by atoms with Gasteiger partial charge in [0.1, 0.15) is 17.0 Å². The van der Waals surface area contributed by atoms with Gasteiger partial charge in [0.2, 0.25) is 0 Å². The molecule has 0 saturated carbocycles. The fourth-order valence-electron chi connectivity index (χ4n) is 3.20. The number of ether oxygens (including phenoxy) is 1. The molecular weight excluding hydrogens is 404 g/mol. The van der Waals surface area contributed by atoms with Gasteiger partial charge in [-0.25, -0.2) is 4.98 Å². The molecule has 1 N–H and O–H groups in total. The second kappa shape index (κ2) is 8.74. The van der Waals surface area contributed by atoms with E-state index in [1.165, 1.54) is 28.9 Å². The molecule has 4 aromatic rings. The molecule has 0 saturated heterocycles. The normalized spacial score (nSPS) is 10.9. The highest BCUT2D eigenvalue weighted by Crippen LogP contribution is 2.27. The van der Waals surface area contributed by atoms with Gasteiger partial charge in [-0.15, -0.1) is 0 Å². The minimum atomic E-state index is -2.97. The lowest BCUT2D eigenvalue weighted by atomic mass is 10.0. The van der Waals surface area contributed by atoms with Crippen molar-refractivity contribution in [2.24, 2.45) is 0 Å². The molecule has 4 rings (SSSR count). The topological polar surface area (TPSA) is 72.7 Å². The van der Waals surface area contributed by atoms with E-state index in [1.54, 1.807) is 24.3 Å². The zero-order valence-corrected chi connectivity index (χ0v) is 16.2. The number of halogens is 2. The van der Waals surface area contributed by atoms with Crippen molar-refractivity contribution in [2.45, 2.75) is 13.0 Å². The number of hydrogen-bond acceptors (Lipinski definition) is 4. The number of amides is 1. The molecule has 0 unspecified atom stereocenters. The number of carbonyl (C=O) groups excluding carboxylic acids is 1. The standard InChI is InChI=1S/C23H17F2N3O3/c24-23(25)31-19-10-9-17(13-16(19)12-15-6-2-1-3-7-15)27-21(29)18-14-26-20-8-4-5-11-28(20)22(18)30/h1-11,13-14,23H,12H2,(H,27,29). The zero-order valence-electron chi connectivity index (χ0n) is 16.2. The SMILES string of the molecule is O=C(Nc1ccc(OC(F)F)c(Cc2ccccc2)c1)c1cnc2ccccn2c1=O. The van der Waals surface area contributed by atoms with Gasteiger partial charge in [-0.05, 0) is 35.9 Å². The van der Waals surface area contributed by atoms with Crippen LogP contribution in [0.4, 0.5) is 14.5 Å². The molecular formula is C23H17F2N3O3. The van der Waals surface area contributed by atoms with Crippen LogP contribution in [-0.4, -0.2) is 21.9 Å². The van der Waals surface area contributed by atoms with E-state index in [1.807, 2.05) is 30.3 Å². The summed E-state index contributed by atoms with van der Waals surface area (Å²) in [5, 5.41) is 2.64. The zero-order chi connectivity index (χ0) is 21.8. The van der Waals surface area contributed by atoms with Gasteiger partial charge in [0.25, 0.3) is 11.5 Å². The van der Waals surface area contributed by atoms with Gasteiger partial charge >= 0.3 is 6.61 Å². The molecule has 0 aliphatic carbocycles. The first-order valence-corrected chi connectivity index (χ1v) is 9.40. The highest BCUT2D eigenvalue weighted by molar-refractivity contribution is 6.04. The Morgan fingerprint density at radius 1 is 1.06 bits per heavy atom. The van der Waals surface area contributed by atoms with Gasteiger partial charge in [-0.2, -0.15) is 8.78 Å². The maximum absolute atomic E-state index is 12.8. The lowest BCUT2D eigenvalue weighted by Gasteiger charge is -2.13. The number of rotatable bonds is 6. The predicted octanol–water partition coefficient (Wildman–Crippen LogP) is 4.14. The molecule has 2 aromatic carbocycles. The molecule has 6 nitrogen and oxygen atoms in total. The van der Waals surface area contributed by atoms with Gasteiger partial charge < -0.3 is 10.1 Å². The fraction of sp³-hybridized carbons (Fsp3) is 0.0870. The van der Waals surface area contributed by atoms with Crippen LogP contribution < -0.4 is 15.6 Å². The van der Waals surface area contributed by atoms with Crippen molar-refractivity contribution in [3.8, 4) is 5.75 Å². The summed E-state index contributed by atoms with van der Waals surface area (Å²) in [6.45, 7) is -2.97.